The second kappa shape index (κ2) is 8.81. The second-order valence-corrected chi connectivity index (χ2v) is 9.70. The fourth-order valence-electron chi connectivity index (χ4n) is 4.41. The van der Waals surface area contributed by atoms with Crippen LogP contribution in [-0.2, 0) is 14.9 Å². The summed E-state index contributed by atoms with van der Waals surface area (Å²) < 4.78 is 60.6. The van der Waals surface area contributed by atoms with Crippen LogP contribution in [0.25, 0.3) is 0 Å². The fourth-order valence-corrected chi connectivity index (χ4v) is 5.97. The van der Waals surface area contributed by atoms with Crippen molar-refractivity contribution in [3.05, 3.63) is 29.8 Å². The Balaban J connectivity index is 1.28. The van der Waals surface area contributed by atoms with Crippen LogP contribution >= 0.6 is 0 Å². The number of anilines is 1. The van der Waals surface area contributed by atoms with E-state index >= 15 is 0 Å². The number of piperazine rings is 1. The van der Waals surface area contributed by atoms with E-state index in [2.05, 4.69) is 9.80 Å². The maximum absolute atomic E-state index is 13.5. The Morgan fingerprint density at radius 3 is 2.07 bits per heavy atom. The first-order valence-corrected chi connectivity index (χ1v) is 11.6. The largest absolute Gasteiger partial charge is 0.379 e. The van der Waals surface area contributed by atoms with E-state index in [0.29, 0.717) is 51.1 Å². The smallest absolute Gasteiger partial charge is 0.282 e. The molecule has 0 bridgehead atoms. The van der Waals surface area contributed by atoms with Crippen LogP contribution in [0.4, 0.5) is 14.5 Å². The second-order valence-electron chi connectivity index (χ2n) is 7.77. The van der Waals surface area contributed by atoms with Crippen LogP contribution in [0, 0.1) is 11.6 Å². The molecule has 29 heavy (non-hydrogen) atoms. The van der Waals surface area contributed by atoms with Gasteiger partial charge >= 0.3 is 0 Å². The molecule has 1 aromatic rings. The van der Waals surface area contributed by atoms with E-state index in [1.165, 1.54) is 16.4 Å². The molecule has 0 radical (unpaired) electrons. The first kappa shape index (κ1) is 20.9. The van der Waals surface area contributed by atoms with Crippen molar-refractivity contribution in [2.45, 2.75) is 18.9 Å². The highest BCUT2D eigenvalue weighted by Crippen LogP contribution is 2.25. The van der Waals surface area contributed by atoms with E-state index in [4.69, 9.17) is 4.74 Å². The highest BCUT2D eigenvalue weighted by molar-refractivity contribution is 7.86. The minimum absolute atomic E-state index is 0.393. The number of benzene rings is 1. The zero-order valence-corrected chi connectivity index (χ0v) is 17.3. The molecule has 10 heteroatoms. The van der Waals surface area contributed by atoms with Crippen LogP contribution in [0.15, 0.2) is 18.2 Å². The van der Waals surface area contributed by atoms with Gasteiger partial charge in [-0.25, -0.2) is 8.78 Å². The molecule has 4 rings (SSSR count). The SMILES string of the molecule is O=S(=O)(N1CCOCC1)N1CCN(C2CCN(c3ccc(F)c(F)c3)CC2)CC1. The number of nitrogens with zero attached hydrogens (tertiary/aromatic N) is 4. The van der Waals surface area contributed by atoms with E-state index < -0.39 is 21.8 Å². The lowest BCUT2D eigenvalue weighted by atomic mass is 10.0. The van der Waals surface area contributed by atoms with Gasteiger partial charge in [-0.05, 0) is 25.0 Å². The quantitative estimate of drug-likeness (QED) is 0.717. The number of hydrogen-bond donors (Lipinski definition) is 0. The van der Waals surface area contributed by atoms with Crippen molar-refractivity contribution in [2.75, 3.05) is 70.5 Å². The molecule has 3 saturated heterocycles. The van der Waals surface area contributed by atoms with E-state index in [9.17, 15) is 17.2 Å². The number of morpholine rings is 1. The molecule has 0 aliphatic carbocycles. The number of piperidine rings is 1. The summed E-state index contributed by atoms with van der Waals surface area (Å²) in [5, 5.41) is 0. The Hall–Kier alpha value is -1.33. The molecule has 3 aliphatic rings. The van der Waals surface area contributed by atoms with Crippen molar-refractivity contribution in [1.82, 2.24) is 13.5 Å². The molecular formula is C19H28F2N4O3S. The molecule has 3 fully saturated rings. The van der Waals surface area contributed by atoms with E-state index in [-0.39, 0.29) is 0 Å². The van der Waals surface area contributed by atoms with Crippen LogP contribution in [-0.4, -0.2) is 93.5 Å². The summed E-state index contributed by atoms with van der Waals surface area (Å²) >= 11 is 0. The maximum atomic E-state index is 13.5. The molecule has 3 heterocycles. The Labute approximate surface area is 171 Å². The third kappa shape index (κ3) is 4.56. The Bertz CT molecular complexity index is 804. The summed E-state index contributed by atoms with van der Waals surface area (Å²) in [7, 11) is -3.41. The zero-order valence-electron chi connectivity index (χ0n) is 16.5. The van der Waals surface area contributed by atoms with Crippen molar-refractivity contribution in [2.24, 2.45) is 0 Å². The molecule has 162 valence electrons. The molecule has 0 saturated carbocycles. The highest BCUT2D eigenvalue weighted by Gasteiger charge is 2.35. The molecule has 1 aromatic carbocycles. The summed E-state index contributed by atoms with van der Waals surface area (Å²) in [4.78, 5) is 4.45. The molecule has 0 amide bonds. The van der Waals surface area contributed by atoms with E-state index in [1.807, 2.05) is 0 Å². The minimum Gasteiger partial charge on any atom is -0.379 e. The monoisotopic (exact) mass is 430 g/mol. The lowest BCUT2D eigenvalue weighted by molar-refractivity contribution is 0.0665. The third-order valence-corrected chi connectivity index (χ3v) is 8.18. The van der Waals surface area contributed by atoms with Gasteiger partial charge in [0.05, 0.1) is 13.2 Å². The normalized spacial score (nSPS) is 24.1. The highest BCUT2D eigenvalue weighted by atomic mass is 32.2. The predicted octanol–water partition coefficient (Wildman–Crippen LogP) is 1.13. The van der Waals surface area contributed by atoms with Gasteiger partial charge in [0.2, 0.25) is 0 Å². The first-order chi connectivity index (χ1) is 13.9. The molecular weight excluding hydrogens is 402 g/mol. The maximum Gasteiger partial charge on any atom is 0.282 e. The van der Waals surface area contributed by atoms with Gasteiger partial charge in [0, 0.05) is 70.2 Å². The van der Waals surface area contributed by atoms with Gasteiger partial charge in [-0.2, -0.15) is 17.0 Å². The summed E-state index contributed by atoms with van der Waals surface area (Å²) in [5.74, 6) is -1.64. The van der Waals surface area contributed by atoms with Crippen molar-refractivity contribution in [3.8, 4) is 0 Å². The minimum atomic E-state index is -3.41. The molecule has 3 aliphatic heterocycles. The zero-order chi connectivity index (χ0) is 20.4. The van der Waals surface area contributed by atoms with Crippen molar-refractivity contribution in [3.63, 3.8) is 0 Å². The third-order valence-electron chi connectivity index (χ3n) is 6.15. The van der Waals surface area contributed by atoms with Crippen LogP contribution in [0.2, 0.25) is 0 Å². The molecule has 0 unspecified atom stereocenters. The number of ether oxygens (including phenoxy) is 1. The van der Waals surface area contributed by atoms with E-state index in [0.717, 1.165) is 39.0 Å². The van der Waals surface area contributed by atoms with Crippen LogP contribution in [0.1, 0.15) is 12.8 Å². The molecule has 0 aromatic heterocycles. The van der Waals surface area contributed by atoms with Crippen LogP contribution < -0.4 is 4.90 Å². The fraction of sp³-hybridized carbons (Fsp3) is 0.684. The average Bonchev–Trinajstić information content (AvgIpc) is 2.76. The van der Waals surface area contributed by atoms with Gasteiger partial charge in [0.1, 0.15) is 0 Å². The van der Waals surface area contributed by atoms with Gasteiger partial charge < -0.3 is 9.64 Å². The Morgan fingerprint density at radius 1 is 0.828 bits per heavy atom. The molecule has 0 atom stereocenters. The van der Waals surface area contributed by atoms with Gasteiger partial charge in [-0.1, -0.05) is 0 Å². The van der Waals surface area contributed by atoms with Gasteiger partial charge in [-0.3, -0.25) is 4.90 Å². The van der Waals surface area contributed by atoms with Crippen molar-refractivity contribution < 1.29 is 21.9 Å². The lowest BCUT2D eigenvalue weighted by Gasteiger charge is -2.43. The average molecular weight is 431 g/mol. The molecule has 0 spiro atoms. The van der Waals surface area contributed by atoms with Gasteiger partial charge in [-0.15, -0.1) is 0 Å². The summed E-state index contributed by atoms with van der Waals surface area (Å²) in [6.45, 7) is 5.76. The molecule has 0 N–H and O–H groups in total. The van der Waals surface area contributed by atoms with Crippen molar-refractivity contribution >= 4 is 15.9 Å². The predicted molar refractivity (Wildman–Crippen MR) is 106 cm³/mol. The van der Waals surface area contributed by atoms with Gasteiger partial charge in [0.25, 0.3) is 10.2 Å². The number of hydrogen-bond acceptors (Lipinski definition) is 5. The van der Waals surface area contributed by atoms with Crippen LogP contribution in [0.5, 0.6) is 0 Å². The first-order valence-electron chi connectivity index (χ1n) is 10.2. The standard InChI is InChI=1S/C19H28F2N4O3S/c20-18-2-1-17(15-19(18)21)22-5-3-16(4-6-22)23-7-9-24(10-8-23)29(26,27)25-11-13-28-14-12-25/h1-2,15-16H,3-14H2. The Morgan fingerprint density at radius 2 is 1.45 bits per heavy atom. The van der Waals surface area contributed by atoms with Crippen molar-refractivity contribution in [1.29, 1.82) is 0 Å². The topological polar surface area (TPSA) is 56.3 Å². The number of halogens is 2. The molecule has 7 nitrogen and oxygen atoms in total. The van der Waals surface area contributed by atoms with Gasteiger partial charge in [0.15, 0.2) is 11.6 Å². The van der Waals surface area contributed by atoms with Crippen LogP contribution in [0.3, 0.4) is 0 Å². The summed E-state index contributed by atoms with van der Waals surface area (Å²) in [6, 6.07) is 4.44. The summed E-state index contributed by atoms with van der Waals surface area (Å²) in [5.41, 5.74) is 0.712. The number of rotatable bonds is 4. The Kier molecular flexibility index (Phi) is 6.35. The summed E-state index contributed by atoms with van der Waals surface area (Å²) in [6.07, 6.45) is 1.85. The van der Waals surface area contributed by atoms with E-state index in [1.54, 1.807) is 10.4 Å². The lowest BCUT2D eigenvalue weighted by Crippen LogP contribution is -2.57.